The number of hydrogen-bond donors (Lipinski definition) is 2. The number of benzene rings is 3. The number of carbonyl (C=O) groups is 1. The van der Waals surface area contributed by atoms with Crippen molar-refractivity contribution in [1.29, 1.82) is 0 Å². The van der Waals surface area contributed by atoms with Gasteiger partial charge in [0.05, 0.1) is 5.56 Å². The molecule has 27 heavy (non-hydrogen) atoms. The van der Waals surface area contributed by atoms with Crippen LogP contribution >= 0.6 is 0 Å². The van der Waals surface area contributed by atoms with E-state index in [2.05, 4.69) is 5.32 Å². The number of nitrogens with one attached hydrogen (secondary N) is 1. The lowest BCUT2D eigenvalue weighted by Gasteiger charge is -2.17. The molecule has 0 radical (unpaired) electrons. The van der Waals surface area contributed by atoms with Crippen molar-refractivity contribution in [1.82, 2.24) is 0 Å². The molecule has 134 valence electrons. The third-order valence-corrected chi connectivity index (χ3v) is 4.66. The van der Waals surface area contributed by atoms with Gasteiger partial charge in [-0.15, -0.1) is 0 Å². The zero-order valence-electron chi connectivity index (χ0n) is 14.9. The van der Waals surface area contributed by atoms with Gasteiger partial charge in [-0.05, 0) is 48.4 Å². The number of fused-ring (bicyclic) bond motifs is 2. The molecule has 1 heterocycles. The minimum Gasteiger partial charge on any atom is -0.478 e. The molecule has 2 aromatic carbocycles. The van der Waals surface area contributed by atoms with Gasteiger partial charge in [0, 0.05) is 35.3 Å². The van der Waals surface area contributed by atoms with Crippen LogP contribution in [0.15, 0.2) is 63.8 Å². The van der Waals surface area contributed by atoms with Crippen LogP contribution in [-0.4, -0.2) is 18.1 Å². The van der Waals surface area contributed by atoms with E-state index in [4.69, 9.17) is 4.42 Å². The first-order valence-corrected chi connectivity index (χ1v) is 8.50. The number of aromatic carboxylic acids is 1. The van der Waals surface area contributed by atoms with E-state index in [1.54, 1.807) is 25.2 Å². The van der Waals surface area contributed by atoms with Crippen LogP contribution in [0.1, 0.15) is 15.9 Å². The van der Waals surface area contributed by atoms with E-state index in [1.807, 2.05) is 31.2 Å². The number of aryl methyl sites for hydroxylation is 1. The summed E-state index contributed by atoms with van der Waals surface area (Å²) in [7, 11) is 1.74. The second-order valence-corrected chi connectivity index (χ2v) is 6.45. The smallest absolute Gasteiger partial charge is 0.336 e. The zero-order valence-corrected chi connectivity index (χ0v) is 14.9. The third-order valence-electron chi connectivity index (χ3n) is 4.66. The fraction of sp³-hybridized carbons (Fsp3) is 0.0909. The van der Waals surface area contributed by atoms with E-state index >= 15 is 0 Å². The van der Waals surface area contributed by atoms with Crippen LogP contribution in [0.4, 0.5) is 5.69 Å². The molecule has 0 atom stereocenters. The van der Waals surface area contributed by atoms with Crippen molar-refractivity contribution in [2.24, 2.45) is 0 Å². The van der Waals surface area contributed by atoms with Crippen LogP contribution in [0.2, 0.25) is 0 Å². The predicted octanol–water partition coefficient (Wildman–Crippen LogP) is 4.61. The Hall–Kier alpha value is -3.60. The molecular formula is C22H17NO4. The van der Waals surface area contributed by atoms with Crippen LogP contribution in [0.3, 0.4) is 0 Å². The largest absolute Gasteiger partial charge is 0.478 e. The molecular weight excluding hydrogens is 342 g/mol. The van der Waals surface area contributed by atoms with Gasteiger partial charge in [-0.3, -0.25) is 4.79 Å². The van der Waals surface area contributed by atoms with Crippen LogP contribution in [0.25, 0.3) is 33.4 Å². The van der Waals surface area contributed by atoms with E-state index < -0.39 is 5.97 Å². The molecule has 0 bridgehead atoms. The summed E-state index contributed by atoms with van der Waals surface area (Å²) in [5.74, 6) is -0.582. The number of carboxylic acid groups (broad SMARTS) is 1. The molecule has 0 aromatic heterocycles. The SMILES string of the molecule is CNc1ccc(-c2c3ccc(=O)cc-3oc3cc(C)ccc23)c(C(=O)O)c1. The lowest BCUT2D eigenvalue weighted by Crippen LogP contribution is -2.04. The van der Waals surface area contributed by atoms with Gasteiger partial charge >= 0.3 is 5.97 Å². The summed E-state index contributed by atoms with van der Waals surface area (Å²) < 4.78 is 5.96. The van der Waals surface area contributed by atoms with Crippen LogP contribution in [-0.2, 0) is 0 Å². The first-order chi connectivity index (χ1) is 13.0. The first-order valence-electron chi connectivity index (χ1n) is 8.50. The second-order valence-electron chi connectivity index (χ2n) is 6.45. The molecule has 0 saturated heterocycles. The highest BCUT2D eigenvalue weighted by molar-refractivity contribution is 6.07. The molecule has 0 amide bonds. The first kappa shape index (κ1) is 16.8. The van der Waals surface area contributed by atoms with Crippen molar-refractivity contribution in [2.45, 2.75) is 6.92 Å². The van der Waals surface area contributed by atoms with Crippen molar-refractivity contribution in [3.05, 3.63) is 75.9 Å². The maximum absolute atomic E-state index is 11.9. The van der Waals surface area contributed by atoms with E-state index in [0.29, 0.717) is 28.2 Å². The molecule has 1 aliphatic carbocycles. The maximum Gasteiger partial charge on any atom is 0.336 e. The molecule has 5 nitrogen and oxygen atoms in total. The average molecular weight is 359 g/mol. The maximum atomic E-state index is 11.9. The summed E-state index contributed by atoms with van der Waals surface area (Å²) in [6, 6.07) is 15.6. The Balaban J connectivity index is 2.18. The average Bonchev–Trinajstić information content (AvgIpc) is 2.65. The van der Waals surface area contributed by atoms with Crippen LogP contribution in [0.5, 0.6) is 0 Å². The van der Waals surface area contributed by atoms with Crippen molar-refractivity contribution in [3.8, 4) is 22.5 Å². The summed E-state index contributed by atoms with van der Waals surface area (Å²) in [6.07, 6.45) is 0. The monoisotopic (exact) mass is 359 g/mol. The van der Waals surface area contributed by atoms with Gasteiger partial charge in [-0.2, -0.15) is 0 Å². The number of hydrogen-bond acceptors (Lipinski definition) is 4. The molecule has 0 saturated carbocycles. The lowest BCUT2D eigenvalue weighted by molar-refractivity contribution is 0.0698. The Morgan fingerprint density at radius 2 is 1.78 bits per heavy atom. The Morgan fingerprint density at radius 1 is 1.00 bits per heavy atom. The minimum absolute atomic E-state index is 0.159. The van der Waals surface area contributed by atoms with Gasteiger partial charge in [-0.25, -0.2) is 4.79 Å². The molecule has 2 N–H and O–H groups in total. The molecule has 4 rings (SSSR count). The van der Waals surface area contributed by atoms with Gasteiger partial charge in [0.25, 0.3) is 0 Å². The molecule has 0 spiro atoms. The van der Waals surface area contributed by atoms with Crippen molar-refractivity contribution in [2.75, 3.05) is 12.4 Å². The molecule has 1 aliphatic heterocycles. The van der Waals surface area contributed by atoms with Gasteiger partial charge in [0.1, 0.15) is 11.3 Å². The summed E-state index contributed by atoms with van der Waals surface area (Å²) >= 11 is 0. The van der Waals surface area contributed by atoms with E-state index in [-0.39, 0.29) is 11.0 Å². The van der Waals surface area contributed by atoms with Gasteiger partial charge in [0.15, 0.2) is 5.43 Å². The topological polar surface area (TPSA) is 79.5 Å². The quantitative estimate of drug-likeness (QED) is 0.522. The predicted molar refractivity (Wildman–Crippen MR) is 106 cm³/mol. The van der Waals surface area contributed by atoms with Crippen molar-refractivity contribution < 1.29 is 14.3 Å². The Labute approximate surface area is 155 Å². The van der Waals surface area contributed by atoms with Crippen LogP contribution < -0.4 is 10.7 Å². The van der Waals surface area contributed by atoms with Crippen molar-refractivity contribution in [3.63, 3.8) is 0 Å². The standard InChI is InChI=1S/C22H17NO4/c1-12-3-6-16-19(9-12)27-20-11-14(24)5-8-17(20)21(16)15-7-4-13(23-2)10-18(15)22(25)26/h3-11,23H,1-2H3,(H,25,26). The normalized spacial score (nSPS) is 11.0. The highest BCUT2D eigenvalue weighted by Gasteiger charge is 2.21. The van der Waals surface area contributed by atoms with E-state index in [1.165, 1.54) is 12.1 Å². The van der Waals surface area contributed by atoms with E-state index in [9.17, 15) is 14.7 Å². The molecule has 5 heteroatoms. The fourth-order valence-electron chi connectivity index (χ4n) is 3.36. The Bertz CT molecular complexity index is 1220. The Morgan fingerprint density at radius 3 is 2.52 bits per heavy atom. The van der Waals surface area contributed by atoms with Crippen LogP contribution in [0, 0.1) is 6.92 Å². The Kier molecular flexibility index (Phi) is 3.92. The molecule has 2 aliphatic rings. The van der Waals surface area contributed by atoms with Gasteiger partial charge < -0.3 is 14.8 Å². The molecule has 0 fully saturated rings. The number of anilines is 1. The lowest BCUT2D eigenvalue weighted by atomic mass is 9.90. The summed E-state index contributed by atoms with van der Waals surface area (Å²) in [4.78, 5) is 23.8. The molecule has 0 unspecified atom stereocenters. The summed E-state index contributed by atoms with van der Waals surface area (Å²) in [5, 5.41) is 13.5. The van der Waals surface area contributed by atoms with Crippen molar-refractivity contribution >= 4 is 22.6 Å². The zero-order chi connectivity index (χ0) is 19.1. The minimum atomic E-state index is -1.02. The number of carboxylic acids is 1. The summed E-state index contributed by atoms with van der Waals surface area (Å²) in [5.41, 5.74) is 4.38. The summed E-state index contributed by atoms with van der Waals surface area (Å²) in [6.45, 7) is 1.95. The molecule has 2 aromatic rings. The fourth-order valence-corrected chi connectivity index (χ4v) is 3.36. The highest BCUT2D eigenvalue weighted by Crippen LogP contribution is 2.41. The number of rotatable bonds is 3. The second kappa shape index (κ2) is 6.29. The third kappa shape index (κ3) is 2.83. The highest BCUT2D eigenvalue weighted by atomic mass is 16.4. The van der Waals surface area contributed by atoms with E-state index in [0.717, 1.165) is 16.5 Å². The van der Waals surface area contributed by atoms with Gasteiger partial charge in [0.2, 0.25) is 0 Å². The van der Waals surface area contributed by atoms with Gasteiger partial charge in [-0.1, -0.05) is 18.2 Å².